The van der Waals surface area contributed by atoms with Gasteiger partial charge in [-0.15, -0.1) is 0 Å². The van der Waals surface area contributed by atoms with Crippen molar-refractivity contribution in [1.82, 2.24) is 9.80 Å². The first-order valence-corrected chi connectivity index (χ1v) is 8.78. The molecule has 25 heavy (non-hydrogen) atoms. The van der Waals surface area contributed by atoms with Crippen LogP contribution in [0.2, 0.25) is 0 Å². The number of ether oxygens (including phenoxy) is 5. The Bertz CT molecular complexity index is 249. The van der Waals surface area contributed by atoms with Crippen LogP contribution in [0.3, 0.4) is 0 Å². The van der Waals surface area contributed by atoms with Crippen molar-refractivity contribution in [2.24, 2.45) is 0 Å². The van der Waals surface area contributed by atoms with Crippen molar-refractivity contribution in [2.45, 2.75) is 0 Å². The van der Waals surface area contributed by atoms with Crippen molar-refractivity contribution in [3.63, 3.8) is 0 Å². The van der Waals surface area contributed by atoms with Gasteiger partial charge in [0.15, 0.2) is 0 Å². The minimum absolute atomic E-state index is 0. The maximum Gasteiger partial charge on any atom is 1.00 e. The Hall–Kier alpha value is 1.45. The van der Waals surface area contributed by atoms with E-state index >= 15 is 0 Å². The Morgan fingerprint density at radius 3 is 0.800 bits per heavy atom. The maximum absolute atomic E-state index is 5.80. The number of nitrogens with zero attached hydrogens (tertiary/aromatic N) is 2. The Balaban J connectivity index is 0.00000288. The van der Waals surface area contributed by atoms with Gasteiger partial charge in [-0.25, -0.2) is 0 Å². The molecule has 2 saturated heterocycles. The normalized spacial score (nSPS) is 28.8. The van der Waals surface area contributed by atoms with E-state index < -0.39 is 0 Å². The van der Waals surface area contributed by atoms with E-state index in [-0.39, 0.29) is 53.5 Å². The molecule has 0 aromatic heterocycles. The van der Waals surface area contributed by atoms with Crippen molar-refractivity contribution < 1.29 is 77.2 Å². The van der Waals surface area contributed by atoms with Crippen LogP contribution in [0.25, 0.3) is 0 Å². The van der Waals surface area contributed by atoms with Gasteiger partial charge in [-0.3, -0.25) is 9.80 Å². The topological polar surface area (TPSA) is 52.6 Å². The van der Waals surface area contributed by atoms with Crippen molar-refractivity contribution in [3.8, 4) is 0 Å². The predicted molar refractivity (Wildman–Crippen MR) is 87.0 cm³/mol. The third kappa shape index (κ3) is 14.1. The average Bonchev–Trinajstić information content (AvgIpc) is 2.57. The molecule has 0 aliphatic carbocycles. The molecule has 0 radical (unpaired) electrons. The molecular formula is C16H32IN2NaO5. The summed E-state index contributed by atoms with van der Waals surface area (Å²) in [7, 11) is 0. The summed E-state index contributed by atoms with van der Waals surface area (Å²) in [4.78, 5) is 4.66. The van der Waals surface area contributed by atoms with Crippen LogP contribution >= 0.6 is 0 Å². The van der Waals surface area contributed by atoms with Crippen molar-refractivity contribution in [1.29, 1.82) is 0 Å². The molecule has 2 rings (SSSR count). The van der Waals surface area contributed by atoms with Gasteiger partial charge in [0.25, 0.3) is 0 Å². The molecule has 0 amide bonds. The molecule has 0 spiro atoms. The van der Waals surface area contributed by atoms with Gasteiger partial charge < -0.3 is 47.7 Å². The standard InChI is InChI=1S/C16H32N2O5.HI.Na/c1-7-19-8-2-18-5-11-22-15-13-20-9-3-17(1)4-10-21-14-16-23-12-6-18;;/h1-16H2;1H;/q;;+1/p-1. The summed E-state index contributed by atoms with van der Waals surface area (Å²) in [6.07, 6.45) is 0. The van der Waals surface area contributed by atoms with Crippen LogP contribution in [0.5, 0.6) is 0 Å². The summed E-state index contributed by atoms with van der Waals surface area (Å²) in [5, 5.41) is 0. The molecule has 0 saturated carbocycles. The molecule has 9 heteroatoms. The third-order valence-electron chi connectivity index (χ3n) is 4.06. The van der Waals surface area contributed by atoms with Gasteiger partial charge in [-0.2, -0.15) is 0 Å². The van der Waals surface area contributed by atoms with Crippen LogP contribution in [0.4, 0.5) is 0 Å². The second-order valence-electron chi connectivity index (χ2n) is 5.75. The van der Waals surface area contributed by atoms with E-state index in [2.05, 4.69) is 9.80 Å². The fourth-order valence-corrected chi connectivity index (χ4v) is 2.58. The first kappa shape index (κ1) is 26.4. The number of fused-ring (bicyclic) bond motifs is 6. The zero-order valence-electron chi connectivity index (χ0n) is 15.6. The Kier molecular flexibility index (Phi) is 19.9. The predicted octanol–water partition coefficient (Wildman–Crippen LogP) is -6.29. The fourth-order valence-electron chi connectivity index (χ4n) is 2.58. The Labute approximate surface area is 191 Å². The summed E-state index contributed by atoms with van der Waals surface area (Å²) < 4.78 is 28.4. The summed E-state index contributed by atoms with van der Waals surface area (Å²) in [5.41, 5.74) is 0. The number of hydrogen-bond acceptors (Lipinski definition) is 7. The molecule has 2 bridgehead atoms. The molecule has 2 fully saturated rings. The average molecular weight is 482 g/mol. The van der Waals surface area contributed by atoms with E-state index in [4.69, 9.17) is 23.7 Å². The first-order valence-electron chi connectivity index (χ1n) is 8.78. The van der Waals surface area contributed by atoms with Gasteiger partial charge in [0.05, 0.1) is 66.1 Å². The molecule has 7 nitrogen and oxygen atoms in total. The second-order valence-corrected chi connectivity index (χ2v) is 5.75. The van der Waals surface area contributed by atoms with Crippen LogP contribution < -0.4 is 53.5 Å². The van der Waals surface area contributed by atoms with Gasteiger partial charge in [0.2, 0.25) is 0 Å². The quantitative estimate of drug-likeness (QED) is 0.194. The Morgan fingerprint density at radius 2 is 0.560 bits per heavy atom. The van der Waals surface area contributed by atoms with Crippen molar-refractivity contribution in [2.75, 3.05) is 105 Å². The number of rotatable bonds is 0. The number of hydrogen-bond donors (Lipinski definition) is 0. The SMILES string of the molecule is C1COCCN2CCOCCOCCN(CCO1)CCOCC2.[I-].[Na+]. The zero-order valence-corrected chi connectivity index (χ0v) is 19.8. The van der Waals surface area contributed by atoms with Gasteiger partial charge >= 0.3 is 29.6 Å². The van der Waals surface area contributed by atoms with E-state index in [0.717, 1.165) is 78.9 Å². The summed E-state index contributed by atoms with van der Waals surface area (Å²) >= 11 is 0. The summed E-state index contributed by atoms with van der Waals surface area (Å²) in [6, 6.07) is 0. The molecule has 144 valence electrons. The van der Waals surface area contributed by atoms with Gasteiger partial charge in [0, 0.05) is 39.3 Å². The van der Waals surface area contributed by atoms with Crippen molar-refractivity contribution in [3.05, 3.63) is 0 Å². The van der Waals surface area contributed by atoms with E-state index in [0.29, 0.717) is 26.4 Å². The van der Waals surface area contributed by atoms with Crippen LogP contribution in [0.15, 0.2) is 0 Å². The molecule has 0 atom stereocenters. The van der Waals surface area contributed by atoms with E-state index in [1.54, 1.807) is 0 Å². The largest absolute Gasteiger partial charge is 1.00 e. The minimum Gasteiger partial charge on any atom is -1.00 e. The minimum atomic E-state index is 0. The number of halogens is 1. The monoisotopic (exact) mass is 482 g/mol. The summed E-state index contributed by atoms with van der Waals surface area (Å²) in [6.45, 7) is 12.4. The van der Waals surface area contributed by atoms with E-state index in [1.807, 2.05) is 0 Å². The van der Waals surface area contributed by atoms with Crippen LogP contribution in [0.1, 0.15) is 0 Å². The zero-order chi connectivity index (χ0) is 16.0. The van der Waals surface area contributed by atoms with Crippen LogP contribution in [-0.2, 0) is 23.7 Å². The van der Waals surface area contributed by atoms with Crippen LogP contribution in [-0.4, -0.2) is 115 Å². The molecule has 2 aliphatic heterocycles. The van der Waals surface area contributed by atoms with Crippen molar-refractivity contribution >= 4 is 0 Å². The Morgan fingerprint density at radius 1 is 0.360 bits per heavy atom. The maximum atomic E-state index is 5.80. The van der Waals surface area contributed by atoms with Gasteiger partial charge in [0.1, 0.15) is 0 Å². The molecule has 0 unspecified atom stereocenters. The smallest absolute Gasteiger partial charge is 1.00 e. The van der Waals surface area contributed by atoms with E-state index in [1.165, 1.54) is 0 Å². The molecule has 2 heterocycles. The first-order chi connectivity index (χ1) is 11.4. The van der Waals surface area contributed by atoms with E-state index in [9.17, 15) is 0 Å². The fraction of sp³-hybridized carbons (Fsp3) is 1.00. The third-order valence-corrected chi connectivity index (χ3v) is 4.06. The summed E-state index contributed by atoms with van der Waals surface area (Å²) in [5.74, 6) is 0. The second kappa shape index (κ2) is 18.8. The molecular weight excluding hydrogens is 450 g/mol. The molecule has 2 aliphatic rings. The van der Waals surface area contributed by atoms with Gasteiger partial charge in [-0.1, -0.05) is 0 Å². The molecule has 0 N–H and O–H groups in total. The van der Waals surface area contributed by atoms with Gasteiger partial charge in [-0.05, 0) is 0 Å². The molecule has 0 aromatic rings. The molecule has 0 aromatic carbocycles. The van der Waals surface area contributed by atoms with Crippen LogP contribution in [0, 0.1) is 0 Å².